The first kappa shape index (κ1) is 12.2. The number of ether oxygens (including phenoxy) is 1. The van der Waals surface area contributed by atoms with Gasteiger partial charge in [0.1, 0.15) is 0 Å². The molecule has 6 heteroatoms. The van der Waals surface area contributed by atoms with Gasteiger partial charge >= 0.3 is 12.1 Å². The Morgan fingerprint density at radius 2 is 2.00 bits per heavy atom. The fourth-order valence-electron chi connectivity index (χ4n) is 2.26. The summed E-state index contributed by atoms with van der Waals surface area (Å²) in [6.45, 7) is 3.68. The number of aliphatic carboxylic acids is 1. The van der Waals surface area contributed by atoms with Crippen LogP contribution in [0.25, 0.3) is 0 Å². The third kappa shape index (κ3) is 3.09. The van der Waals surface area contributed by atoms with Crippen molar-refractivity contribution in [1.82, 2.24) is 9.80 Å². The number of carboxylic acids is 1. The van der Waals surface area contributed by atoms with Crippen LogP contribution in [0, 0.1) is 0 Å². The zero-order valence-electron chi connectivity index (χ0n) is 9.80. The van der Waals surface area contributed by atoms with Gasteiger partial charge < -0.3 is 19.6 Å². The number of hydrogen-bond donors (Lipinski definition) is 1. The largest absolute Gasteiger partial charge is 0.478 e. The molecule has 2 rings (SSSR count). The Hall–Kier alpha value is -1.30. The number of carbonyl (C=O) groups excluding carboxylic acids is 1. The molecule has 2 saturated heterocycles. The first-order valence-corrected chi connectivity index (χ1v) is 6.07. The number of amides is 1. The normalized spacial score (nSPS) is 26.0. The van der Waals surface area contributed by atoms with E-state index in [1.807, 2.05) is 0 Å². The lowest BCUT2D eigenvalue weighted by Crippen LogP contribution is -2.38. The van der Waals surface area contributed by atoms with Gasteiger partial charge in [-0.15, -0.1) is 0 Å². The number of hydrogen-bond acceptors (Lipinski definition) is 4. The van der Waals surface area contributed by atoms with Gasteiger partial charge in [0, 0.05) is 13.1 Å². The zero-order chi connectivity index (χ0) is 12.3. The summed E-state index contributed by atoms with van der Waals surface area (Å²) in [5, 5.41) is 8.75. The van der Waals surface area contributed by atoms with Crippen LogP contribution < -0.4 is 0 Å². The van der Waals surface area contributed by atoms with E-state index < -0.39 is 18.2 Å². The number of rotatable bonds is 4. The second kappa shape index (κ2) is 5.35. The van der Waals surface area contributed by atoms with Crippen molar-refractivity contribution in [3.8, 4) is 0 Å². The average Bonchev–Trinajstić information content (AvgIpc) is 2.70. The summed E-state index contributed by atoms with van der Waals surface area (Å²) in [5.41, 5.74) is 0. The van der Waals surface area contributed by atoms with Crippen molar-refractivity contribution in [1.29, 1.82) is 0 Å². The first-order valence-electron chi connectivity index (χ1n) is 6.07. The molecule has 2 aliphatic heterocycles. The van der Waals surface area contributed by atoms with Crippen LogP contribution in [0.5, 0.6) is 0 Å². The number of carbonyl (C=O) groups is 2. The van der Waals surface area contributed by atoms with Gasteiger partial charge in [0.25, 0.3) is 0 Å². The summed E-state index contributed by atoms with van der Waals surface area (Å²) < 4.78 is 4.74. The van der Waals surface area contributed by atoms with Crippen LogP contribution >= 0.6 is 0 Å². The number of nitrogens with zero attached hydrogens (tertiary/aromatic N) is 2. The summed E-state index contributed by atoms with van der Waals surface area (Å²) in [7, 11) is 0. The van der Waals surface area contributed by atoms with Gasteiger partial charge in [0.05, 0.1) is 6.54 Å². The van der Waals surface area contributed by atoms with Crippen molar-refractivity contribution in [2.75, 3.05) is 32.7 Å². The van der Waals surface area contributed by atoms with Crippen molar-refractivity contribution in [3.05, 3.63) is 0 Å². The van der Waals surface area contributed by atoms with E-state index in [-0.39, 0.29) is 6.54 Å². The highest BCUT2D eigenvalue weighted by atomic mass is 16.6. The Morgan fingerprint density at radius 1 is 1.29 bits per heavy atom. The molecular weight excluding hydrogens is 224 g/mol. The molecule has 2 fully saturated rings. The Labute approximate surface area is 100 Å². The predicted molar refractivity (Wildman–Crippen MR) is 59.8 cm³/mol. The highest BCUT2D eigenvalue weighted by Crippen LogP contribution is 2.13. The van der Waals surface area contributed by atoms with Crippen LogP contribution in [0.4, 0.5) is 4.79 Å². The lowest BCUT2D eigenvalue weighted by atomic mass is 10.1. The highest BCUT2D eigenvalue weighted by molar-refractivity contribution is 5.81. The highest BCUT2D eigenvalue weighted by Gasteiger charge is 2.35. The van der Waals surface area contributed by atoms with Gasteiger partial charge in [-0.05, 0) is 25.9 Å². The lowest BCUT2D eigenvalue weighted by molar-refractivity contribution is -0.144. The van der Waals surface area contributed by atoms with E-state index in [2.05, 4.69) is 4.90 Å². The van der Waals surface area contributed by atoms with E-state index in [0.717, 1.165) is 19.6 Å². The molecule has 6 nitrogen and oxygen atoms in total. The van der Waals surface area contributed by atoms with E-state index in [4.69, 9.17) is 9.84 Å². The average molecular weight is 242 g/mol. The summed E-state index contributed by atoms with van der Waals surface area (Å²) in [6.07, 6.45) is 2.20. The van der Waals surface area contributed by atoms with Gasteiger partial charge in [0.2, 0.25) is 6.10 Å². The molecule has 1 amide bonds. The van der Waals surface area contributed by atoms with Crippen LogP contribution in [-0.2, 0) is 9.53 Å². The number of likely N-dealkylation sites (tertiary alicyclic amines) is 1. The Morgan fingerprint density at radius 3 is 2.59 bits per heavy atom. The van der Waals surface area contributed by atoms with Gasteiger partial charge in [0.15, 0.2) is 0 Å². The molecule has 0 aromatic heterocycles. The van der Waals surface area contributed by atoms with E-state index in [9.17, 15) is 9.59 Å². The van der Waals surface area contributed by atoms with E-state index in [1.54, 1.807) is 0 Å². The van der Waals surface area contributed by atoms with Crippen molar-refractivity contribution >= 4 is 12.1 Å². The zero-order valence-corrected chi connectivity index (χ0v) is 9.80. The fourth-order valence-corrected chi connectivity index (χ4v) is 2.26. The Kier molecular flexibility index (Phi) is 3.83. The van der Waals surface area contributed by atoms with Gasteiger partial charge in [-0.2, -0.15) is 0 Å². The first-order chi connectivity index (χ1) is 8.16. The van der Waals surface area contributed by atoms with Crippen LogP contribution in [0.3, 0.4) is 0 Å². The van der Waals surface area contributed by atoms with Crippen molar-refractivity contribution < 1.29 is 19.4 Å². The third-order valence-electron chi connectivity index (χ3n) is 3.30. The number of piperidine rings is 1. The second-order valence-electron chi connectivity index (χ2n) is 4.56. The molecule has 1 atom stereocenters. The maximum Gasteiger partial charge on any atom is 0.410 e. The lowest BCUT2D eigenvalue weighted by Gasteiger charge is -2.27. The molecule has 0 aromatic rings. The summed E-state index contributed by atoms with van der Waals surface area (Å²) >= 11 is 0. The number of cyclic esters (lactones) is 1. The minimum Gasteiger partial charge on any atom is -0.478 e. The molecule has 0 aliphatic carbocycles. The Bertz CT molecular complexity index is 302. The molecule has 96 valence electrons. The van der Waals surface area contributed by atoms with Gasteiger partial charge in [-0.25, -0.2) is 9.59 Å². The van der Waals surface area contributed by atoms with E-state index in [1.165, 1.54) is 24.2 Å². The molecule has 0 bridgehead atoms. The molecule has 0 saturated carbocycles. The molecule has 0 radical (unpaired) electrons. The van der Waals surface area contributed by atoms with Crippen LogP contribution in [0.2, 0.25) is 0 Å². The molecule has 0 spiro atoms. The van der Waals surface area contributed by atoms with Crippen molar-refractivity contribution in [2.45, 2.75) is 25.4 Å². The maximum absolute atomic E-state index is 11.4. The molecular formula is C11H18N2O4. The van der Waals surface area contributed by atoms with Crippen molar-refractivity contribution in [2.24, 2.45) is 0 Å². The van der Waals surface area contributed by atoms with Crippen LogP contribution in [-0.4, -0.2) is 65.8 Å². The smallest absolute Gasteiger partial charge is 0.410 e. The SMILES string of the molecule is O=C(O)[C@H]1CN(CCN2CCCCC2)C(=O)O1. The molecule has 17 heavy (non-hydrogen) atoms. The maximum atomic E-state index is 11.4. The van der Waals surface area contributed by atoms with E-state index >= 15 is 0 Å². The minimum absolute atomic E-state index is 0.169. The quantitative estimate of drug-likeness (QED) is 0.771. The molecule has 0 unspecified atom stereocenters. The standard InChI is InChI=1S/C11H18N2O4/c14-10(15)9-8-13(11(16)17-9)7-6-12-4-2-1-3-5-12/h9H,1-8H2,(H,14,15)/t9-/m1/s1. The summed E-state index contributed by atoms with van der Waals surface area (Å²) in [6, 6.07) is 0. The Balaban J connectivity index is 1.75. The summed E-state index contributed by atoms with van der Waals surface area (Å²) in [5.74, 6) is -1.07. The van der Waals surface area contributed by atoms with Gasteiger partial charge in [-0.1, -0.05) is 6.42 Å². The topological polar surface area (TPSA) is 70.1 Å². The molecule has 0 aromatic carbocycles. The van der Waals surface area contributed by atoms with E-state index in [0.29, 0.717) is 6.54 Å². The second-order valence-corrected chi connectivity index (χ2v) is 4.56. The molecule has 2 aliphatic rings. The van der Waals surface area contributed by atoms with Crippen LogP contribution in [0.15, 0.2) is 0 Å². The molecule has 1 N–H and O–H groups in total. The van der Waals surface area contributed by atoms with Gasteiger partial charge in [-0.3, -0.25) is 0 Å². The molecule has 2 heterocycles. The minimum atomic E-state index is -1.07. The fraction of sp³-hybridized carbons (Fsp3) is 0.818. The monoisotopic (exact) mass is 242 g/mol. The summed E-state index contributed by atoms with van der Waals surface area (Å²) in [4.78, 5) is 25.9. The van der Waals surface area contributed by atoms with Crippen molar-refractivity contribution in [3.63, 3.8) is 0 Å². The number of carboxylic acid groups (broad SMARTS) is 1. The third-order valence-corrected chi connectivity index (χ3v) is 3.30. The van der Waals surface area contributed by atoms with Crippen LogP contribution in [0.1, 0.15) is 19.3 Å². The predicted octanol–water partition coefficient (Wildman–Crippen LogP) is 0.378.